The van der Waals surface area contributed by atoms with E-state index in [9.17, 15) is 18.0 Å². The molecule has 0 aliphatic rings. The summed E-state index contributed by atoms with van der Waals surface area (Å²) in [6.45, 7) is 1.95. The standard InChI is InChI=1S/C37H29BrN7O.C2HF3O2/c38-34-14-11-27(12-15-34)17-19-44(25-36-42-41-26-45(36)24-31-9-5-29(22-40)6-10-31)37(46)33-13-16-35-32(20-33)2-1-18-43(35)23-30-7-3-28(21-39)4-8-30;3-2(4,5)1(6)7/h1-16,18,20,26H,17,19,23-25H2;(H,6,7)/q+1;/p-1. The Morgan fingerprint density at radius 3 is 2.08 bits per heavy atom. The molecule has 0 atom stereocenters. The number of amides is 1. The van der Waals surface area contributed by atoms with Gasteiger partial charge in [0.1, 0.15) is 12.3 Å². The number of nitrogens with zero attached hydrogens (tertiary/aromatic N) is 7. The molecule has 0 N–H and O–H groups in total. The van der Waals surface area contributed by atoms with Crippen LogP contribution in [0.2, 0.25) is 0 Å². The van der Waals surface area contributed by atoms with Crippen LogP contribution in [-0.2, 0) is 30.8 Å². The number of benzene rings is 4. The van der Waals surface area contributed by atoms with Crippen LogP contribution in [0.25, 0.3) is 10.9 Å². The fourth-order valence-corrected chi connectivity index (χ4v) is 5.63. The lowest BCUT2D eigenvalue weighted by Crippen LogP contribution is -2.37. The summed E-state index contributed by atoms with van der Waals surface area (Å²) >= 11 is 3.50. The Balaban J connectivity index is 0.000000705. The van der Waals surface area contributed by atoms with Crippen LogP contribution in [0.4, 0.5) is 13.2 Å². The molecular weight excluding hydrogens is 751 g/mol. The highest BCUT2D eigenvalue weighted by Crippen LogP contribution is 2.19. The van der Waals surface area contributed by atoms with E-state index in [4.69, 9.17) is 20.4 Å². The van der Waals surface area contributed by atoms with Crippen molar-refractivity contribution in [2.75, 3.05) is 6.54 Å². The smallest absolute Gasteiger partial charge is 0.430 e. The molecule has 1 amide bonds. The average molecular weight is 781 g/mol. The van der Waals surface area contributed by atoms with E-state index < -0.39 is 12.1 Å². The van der Waals surface area contributed by atoms with Gasteiger partial charge in [-0.1, -0.05) is 52.3 Å². The zero-order valence-corrected chi connectivity index (χ0v) is 29.5. The van der Waals surface area contributed by atoms with Gasteiger partial charge in [0.25, 0.3) is 5.91 Å². The van der Waals surface area contributed by atoms with Crippen LogP contribution in [0.1, 0.15) is 44.0 Å². The molecule has 0 spiro atoms. The van der Waals surface area contributed by atoms with Crippen molar-refractivity contribution in [3.05, 3.63) is 159 Å². The third kappa shape index (κ3) is 10.3. The van der Waals surface area contributed by atoms with Gasteiger partial charge < -0.3 is 19.4 Å². The summed E-state index contributed by atoms with van der Waals surface area (Å²) in [5, 5.41) is 36.6. The maximum absolute atomic E-state index is 14.2. The summed E-state index contributed by atoms with van der Waals surface area (Å²) in [7, 11) is 0. The second kappa shape index (κ2) is 17.2. The molecule has 10 nitrogen and oxygen atoms in total. The zero-order chi connectivity index (χ0) is 38.0. The van der Waals surface area contributed by atoms with Crippen molar-refractivity contribution in [1.29, 1.82) is 10.5 Å². The second-order valence-corrected chi connectivity index (χ2v) is 12.7. The Labute approximate surface area is 310 Å². The Hall–Kier alpha value is -6.38. The fraction of sp³-hybridized carbons (Fsp3) is 0.154. The first kappa shape index (κ1) is 37.9. The third-order valence-corrected chi connectivity index (χ3v) is 8.66. The number of fused-ring (bicyclic) bond motifs is 1. The molecule has 0 saturated carbocycles. The minimum atomic E-state index is -5.19. The van der Waals surface area contributed by atoms with E-state index in [0.717, 1.165) is 32.1 Å². The van der Waals surface area contributed by atoms with Crippen LogP contribution in [0.3, 0.4) is 0 Å². The number of hydrogen-bond acceptors (Lipinski definition) is 7. The molecule has 0 unspecified atom stereocenters. The lowest BCUT2D eigenvalue weighted by molar-refractivity contribution is -0.662. The van der Waals surface area contributed by atoms with Crippen molar-refractivity contribution < 1.29 is 32.4 Å². The molecule has 4 aromatic carbocycles. The van der Waals surface area contributed by atoms with Gasteiger partial charge >= 0.3 is 6.18 Å². The highest BCUT2D eigenvalue weighted by Gasteiger charge is 2.29. The molecule has 2 aromatic heterocycles. The third-order valence-electron chi connectivity index (χ3n) is 8.13. The number of alkyl halides is 3. The van der Waals surface area contributed by atoms with Gasteiger partial charge in [-0.05, 0) is 72.1 Å². The predicted octanol–water partition coefficient (Wildman–Crippen LogP) is 5.50. The van der Waals surface area contributed by atoms with Gasteiger partial charge in [-0.25, -0.2) is 0 Å². The van der Waals surface area contributed by atoms with E-state index in [1.54, 1.807) is 18.5 Å². The van der Waals surface area contributed by atoms with Gasteiger partial charge in [0.15, 0.2) is 18.6 Å². The molecule has 266 valence electrons. The monoisotopic (exact) mass is 779 g/mol. The molecule has 0 aliphatic carbocycles. The minimum absolute atomic E-state index is 0.0885. The predicted molar refractivity (Wildman–Crippen MR) is 188 cm³/mol. The SMILES string of the molecule is N#Cc1ccc(Cn2cnnc2CN(CCc2ccc(Br)cc2)C(=O)c2ccc3c(ccc[n+]3Cc3ccc(C#N)cc3)c2)cc1.O=C([O-])C(F)(F)F. The molecule has 6 rings (SSSR count). The first-order valence-corrected chi connectivity index (χ1v) is 16.8. The highest BCUT2D eigenvalue weighted by molar-refractivity contribution is 9.10. The number of rotatable bonds is 10. The Morgan fingerprint density at radius 1 is 0.868 bits per heavy atom. The van der Waals surface area contributed by atoms with Gasteiger partial charge in [-0.15, -0.1) is 10.2 Å². The van der Waals surface area contributed by atoms with E-state index in [0.29, 0.717) is 48.6 Å². The largest absolute Gasteiger partial charge is 0.542 e. The number of nitriles is 2. The quantitative estimate of drug-likeness (QED) is 0.167. The molecule has 0 radical (unpaired) electrons. The topological polar surface area (TPSA) is 143 Å². The van der Waals surface area contributed by atoms with Crippen LogP contribution < -0.4 is 9.67 Å². The van der Waals surface area contributed by atoms with Crippen molar-refractivity contribution >= 4 is 38.7 Å². The molecular formula is C39H29BrF3N7O3. The van der Waals surface area contributed by atoms with Crippen molar-refractivity contribution in [1.82, 2.24) is 19.7 Å². The van der Waals surface area contributed by atoms with E-state index >= 15 is 0 Å². The number of halogens is 4. The summed E-state index contributed by atoms with van der Waals surface area (Å²) in [5.74, 6) is -2.42. The molecule has 0 saturated heterocycles. The number of pyridine rings is 1. The van der Waals surface area contributed by atoms with Crippen LogP contribution in [0.15, 0.2) is 120 Å². The van der Waals surface area contributed by atoms with Crippen LogP contribution in [0.5, 0.6) is 0 Å². The maximum Gasteiger partial charge on any atom is 0.430 e. The number of carbonyl (C=O) groups excluding carboxylic acids is 2. The van der Waals surface area contributed by atoms with Gasteiger partial charge in [-0.2, -0.15) is 28.3 Å². The lowest BCUT2D eigenvalue weighted by Gasteiger charge is -2.23. The van der Waals surface area contributed by atoms with Crippen molar-refractivity contribution in [2.45, 2.75) is 32.2 Å². The van der Waals surface area contributed by atoms with Crippen LogP contribution in [0, 0.1) is 22.7 Å². The van der Waals surface area contributed by atoms with Gasteiger partial charge in [0.2, 0.25) is 5.52 Å². The fourth-order valence-electron chi connectivity index (χ4n) is 5.37. The Kier molecular flexibility index (Phi) is 12.3. The van der Waals surface area contributed by atoms with E-state index in [1.807, 2.05) is 94.5 Å². The molecule has 0 bridgehead atoms. The van der Waals surface area contributed by atoms with Crippen molar-refractivity contribution in [3.63, 3.8) is 0 Å². The molecule has 6 aromatic rings. The van der Waals surface area contributed by atoms with Gasteiger partial charge in [-0.3, -0.25) is 4.79 Å². The number of carbonyl (C=O) groups is 2. The van der Waals surface area contributed by atoms with E-state index in [2.05, 4.69) is 55.0 Å². The summed E-state index contributed by atoms with van der Waals surface area (Å²) in [5.41, 5.74) is 6.06. The summed E-state index contributed by atoms with van der Waals surface area (Å²) < 4.78 is 36.6. The van der Waals surface area contributed by atoms with Crippen molar-refractivity contribution in [2.24, 2.45) is 0 Å². The summed E-state index contributed by atoms with van der Waals surface area (Å²) in [4.78, 5) is 24.8. The molecule has 2 heterocycles. The van der Waals surface area contributed by atoms with Crippen LogP contribution in [-0.4, -0.2) is 44.3 Å². The summed E-state index contributed by atoms with van der Waals surface area (Å²) in [6, 6.07) is 37.3. The molecule has 0 fully saturated rings. The number of carboxylic acid groups (broad SMARTS) is 1. The zero-order valence-electron chi connectivity index (χ0n) is 27.9. The van der Waals surface area contributed by atoms with E-state index in [-0.39, 0.29) is 12.5 Å². The lowest BCUT2D eigenvalue weighted by atomic mass is 10.1. The van der Waals surface area contributed by atoms with Gasteiger partial charge in [0.05, 0.1) is 36.4 Å². The number of aliphatic carboxylic acids is 1. The summed E-state index contributed by atoms with van der Waals surface area (Å²) in [6.07, 6.45) is -0.818. The maximum atomic E-state index is 14.2. The average Bonchev–Trinajstić information content (AvgIpc) is 3.60. The van der Waals surface area contributed by atoms with Crippen LogP contribution >= 0.6 is 15.9 Å². The normalized spacial score (nSPS) is 10.8. The minimum Gasteiger partial charge on any atom is -0.542 e. The second-order valence-electron chi connectivity index (χ2n) is 11.8. The van der Waals surface area contributed by atoms with E-state index in [1.165, 1.54) is 0 Å². The molecule has 14 heteroatoms. The number of hydrogen-bond donors (Lipinski definition) is 0. The number of carboxylic acids is 1. The molecule has 0 aliphatic heterocycles. The Morgan fingerprint density at radius 2 is 1.47 bits per heavy atom. The first-order chi connectivity index (χ1) is 25.4. The highest BCUT2D eigenvalue weighted by atomic mass is 79.9. The van der Waals surface area contributed by atoms with Gasteiger partial charge in [0, 0.05) is 39.7 Å². The first-order valence-electron chi connectivity index (χ1n) is 16.0. The Bertz CT molecular complexity index is 2300. The molecule has 53 heavy (non-hydrogen) atoms. The van der Waals surface area contributed by atoms with Crippen molar-refractivity contribution in [3.8, 4) is 12.1 Å². The number of aromatic nitrogens is 4.